The van der Waals surface area contributed by atoms with E-state index in [-0.39, 0.29) is 11.7 Å². The molecule has 1 aliphatic rings. The molecule has 2 aromatic rings. The lowest BCUT2D eigenvalue weighted by molar-refractivity contribution is 0.0721. The summed E-state index contributed by atoms with van der Waals surface area (Å²) in [5.41, 5.74) is 2.68. The summed E-state index contributed by atoms with van der Waals surface area (Å²) < 4.78 is 25.5. The number of carbonyl (C=O) groups is 1. The van der Waals surface area contributed by atoms with Crippen LogP contribution in [0.15, 0.2) is 6.07 Å². The van der Waals surface area contributed by atoms with Crippen molar-refractivity contribution >= 4 is 26.9 Å². The number of aromatic nitrogens is 3. The first-order chi connectivity index (χ1) is 12.7. The van der Waals surface area contributed by atoms with Crippen LogP contribution in [-0.2, 0) is 22.8 Å². The Kier molecular flexibility index (Phi) is 5.55. The van der Waals surface area contributed by atoms with E-state index in [1.54, 1.807) is 17.9 Å². The molecule has 1 amide bonds. The van der Waals surface area contributed by atoms with Gasteiger partial charge < -0.3 is 9.47 Å². The number of carbonyl (C=O) groups excluding carboxylic acids is 1. The first-order valence-electron chi connectivity index (χ1n) is 9.56. The van der Waals surface area contributed by atoms with Crippen molar-refractivity contribution in [3.05, 3.63) is 23.1 Å². The summed E-state index contributed by atoms with van der Waals surface area (Å²) in [7, 11) is -3.18. The molecule has 148 valence electrons. The molecule has 0 N–H and O–H groups in total. The lowest BCUT2D eigenvalue weighted by Crippen LogP contribution is -2.42. The van der Waals surface area contributed by atoms with Gasteiger partial charge in [0.2, 0.25) is 0 Å². The summed E-state index contributed by atoms with van der Waals surface area (Å²) in [6.45, 7) is 6.83. The van der Waals surface area contributed by atoms with E-state index < -0.39 is 15.9 Å². The van der Waals surface area contributed by atoms with Crippen molar-refractivity contribution in [2.24, 2.45) is 0 Å². The van der Waals surface area contributed by atoms with E-state index in [0.29, 0.717) is 17.6 Å². The maximum absolute atomic E-state index is 13.3. The standard InChI is InChI=1S/C19H28N4O3S/c1-5-22(14(3)12-27(4,25)26)19(24)15-11-13(2)20-18-17(15)21-16-9-7-6-8-10-23(16)18/h11,14H,5-10,12H2,1-4H3. The molecule has 7 nitrogen and oxygen atoms in total. The van der Waals surface area contributed by atoms with E-state index in [1.807, 2.05) is 13.8 Å². The number of imidazole rings is 1. The van der Waals surface area contributed by atoms with Crippen LogP contribution in [-0.4, -0.2) is 58.4 Å². The Balaban J connectivity index is 2.06. The van der Waals surface area contributed by atoms with Gasteiger partial charge in [-0.25, -0.2) is 18.4 Å². The molecular weight excluding hydrogens is 364 g/mol. The second-order valence-electron chi connectivity index (χ2n) is 7.51. The van der Waals surface area contributed by atoms with Gasteiger partial charge in [-0.15, -0.1) is 0 Å². The van der Waals surface area contributed by atoms with Gasteiger partial charge in [-0.05, 0) is 39.7 Å². The van der Waals surface area contributed by atoms with Gasteiger partial charge in [0.1, 0.15) is 21.2 Å². The van der Waals surface area contributed by atoms with Crippen molar-refractivity contribution in [1.82, 2.24) is 19.4 Å². The van der Waals surface area contributed by atoms with Crippen molar-refractivity contribution in [1.29, 1.82) is 0 Å². The summed E-state index contributed by atoms with van der Waals surface area (Å²) in [6.07, 6.45) is 5.45. The minimum atomic E-state index is -3.18. The third-order valence-corrected chi connectivity index (χ3v) is 6.19. The molecule has 0 bridgehead atoms. The van der Waals surface area contributed by atoms with Gasteiger partial charge in [-0.1, -0.05) is 6.42 Å². The first kappa shape index (κ1) is 19.8. The summed E-state index contributed by atoms with van der Waals surface area (Å²) in [5.74, 6) is 0.749. The average molecular weight is 393 g/mol. The van der Waals surface area contributed by atoms with Crippen LogP contribution < -0.4 is 0 Å². The SMILES string of the molecule is CCN(C(=O)c1cc(C)nc2c1nc1n2CCCCC1)C(C)CS(C)(=O)=O. The largest absolute Gasteiger partial charge is 0.335 e. The molecule has 27 heavy (non-hydrogen) atoms. The van der Waals surface area contributed by atoms with E-state index in [1.165, 1.54) is 12.7 Å². The molecule has 0 saturated heterocycles. The van der Waals surface area contributed by atoms with Gasteiger partial charge in [0.05, 0.1) is 11.3 Å². The maximum atomic E-state index is 13.3. The molecule has 0 aliphatic carbocycles. The average Bonchev–Trinajstić information content (AvgIpc) is 2.75. The predicted molar refractivity (Wildman–Crippen MR) is 106 cm³/mol. The molecule has 0 fully saturated rings. The Morgan fingerprint density at radius 1 is 1.30 bits per heavy atom. The minimum Gasteiger partial charge on any atom is -0.335 e. The topological polar surface area (TPSA) is 85.2 Å². The third-order valence-electron chi connectivity index (χ3n) is 5.10. The van der Waals surface area contributed by atoms with Crippen molar-refractivity contribution in [2.45, 2.75) is 59.0 Å². The van der Waals surface area contributed by atoms with Crippen LogP contribution in [0, 0.1) is 6.92 Å². The summed E-state index contributed by atoms with van der Waals surface area (Å²) >= 11 is 0. The second-order valence-corrected chi connectivity index (χ2v) is 9.69. The number of pyridine rings is 1. The van der Waals surface area contributed by atoms with Gasteiger partial charge >= 0.3 is 0 Å². The molecule has 8 heteroatoms. The zero-order chi connectivity index (χ0) is 19.8. The molecule has 0 spiro atoms. The quantitative estimate of drug-likeness (QED) is 0.780. The third kappa shape index (κ3) is 4.15. The molecule has 0 aromatic carbocycles. The van der Waals surface area contributed by atoms with E-state index in [0.717, 1.165) is 43.0 Å². The highest BCUT2D eigenvalue weighted by Crippen LogP contribution is 2.25. The molecule has 1 unspecified atom stereocenters. The van der Waals surface area contributed by atoms with Crippen LogP contribution in [0.2, 0.25) is 0 Å². The van der Waals surface area contributed by atoms with Crippen LogP contribution in [0.3, 0.4) is 0 Å². The number of fused-ring (bicyclic) bond motifs is 3. The molecule has 3 heterocycles. The molecule has 1 aliphatic heterocycles. The van der Waals surface area contributed by atoms with Crippen LogP contribution in [0.4, 0.5) is 0 Å². The zero-order valence-corrected chi connectivity index (χ0v) is 17.3. The maximum Gasteiger partial charge on any atom is 0.256 e. The predicted octanol–water partition coefficient (Wildman–Crippen LogP) is 2.36. The van der Waals surface area contributed by atoms with Crippen molar-refractivity contribution in [3.8, 4) is 0 Å². The summed E-state index contributed by atoms with van der Waals surface area (Å²) in [5, 5.41) is 0. The molecule has 1 atom stereocenters. The van der Waals surface area contributed by atoms with Gasteiger partial charge in [0.25, 0.3) is 5.91 Å². The number of hydrogen-bond acceptors (Lipinski definition) is 5. The molecule has 0 radical (unpaired) electrons. The van der Waals surface area contributed by atoms with Crippen molar-refractivity contribution in [2.75, 3.05) is 18.6 Å². The Bertz CT molecular complexity index is 965. The van der Waals surface area contributed by atoms with Crippen LogP contribution in [0.25, 0.3) is 11.2 Å². The Labute approximate surface area is 160 Å². The first-order valence-corrected chi connectivity index (χ1v) is 11.6. The van der Waals surface area contributed by atoms with Gasteiger partial charge in [-0.3, -0.25) is 4.79 Å². The van der Waals surface area contributed by atoms with Crippen LogP contribution >= 0.6 is 0 Å². The molecular formula is C19H28N4O3S. The fourth-order valence-electron chi connectivity index (χ4n) is 3.92. The fraction of sp³-hybridized carbons (Fsp3) is 0.632. The van der Waals surface area contributed by atoms with Gasteiger partial charge in [0, 0.05) is 37.5 Å². The Morgan fingerprint density at radius 2 is 2.04 bits per heavy atom. The van der Waals surface area contributed by atoms with Crippen LogP contribution in [0.1, 0.15) is 55.0 Å². The fourth-order valence-corrected chi connectivity index (χ4v) is 4.97. The number of nitrogens with zero attached hydrogens (tertiary/aromatic N) is 4. The number of hydrogen-bond donors (Lipinski definition) is 0. The molecule has 2 aromatic heterocycles. The van der Waals surface area contributed by atoms with Gasteiger partial charge in [0.15, 0.2) is 5.65 Å². The second kappa shape index (κ2) is 7.58. The van der Waals surface area contributed by atoms with E-state index in [2.05, 4.69) is 9.55 Å². The van der Waals surface area contributed by atoms with Crippen molar-refractivity contribution in [3.63, 3.8) is 0 Å². The number of rotatable bonds is 5. The highest BCUT2D eigenvalue weighted by Gasteiger charge is 2.27. The molecule has 0 saturated carbocycles. The lowest BCUT2D eigenvalue weighted by atomic mass is 10.1. The normalized spacial score (nSPS) is 16.0. The van der Waals surface area contributed by atoms with E-state index >= 15 is 0 Å². The molecule has 3 rings (SSSR count). The Hall–Kier alpha value is -1.96. The highest BCUT2D eigenvalue weighted by atomic mass is 32.2. The van der Waals surface area contributed by atoms with E-state index in [4.69, 9.17) is 4.98 Å². The van der Waals surface area contributed by atoms with Crippen LogP contribution in [0.5, 0.6) is 0 Å². The number of amides is 1. The van der Waals surface area contributed by atoms with Crippen molar-refractivity contribution < 1.29 is 13.2 Å². The number of aryl methyl sites for hydroxylation is 3. The summed E-state index contributed by atoms with van der Waals surface area (Å²) in [4.78, 5) is 24.3. The number of sulfone groups is 1. The summed E-state index contributed by atoms with van der Waals surface area (Å²) in [6, 6.07) is 1.37. The zero-order valence-electron chi connectivity index (χ0n) is 16.5. The highest BCUT2D eigenvalue weighted by molar-refractivity contribution is 7.90. The van der Waals surface area contributed by atoms with Gasteiger partial charge in [-0.2, -0.15) is 0 Å². The van der Waals surface area contributed by atoms with E-state index in [9.17, 15) is 13.2 Å². The minimum absolute atomic E-state index is 0.0561. The monoisotopic (exact) mass is 392 g/mol. The lowest BCUT2D eigenvalue weighted by Gasteiger charge is -2.27. The smallest absolute Gasteiger partial charge is 0.256 e. The Morgan fingerprint density at radius 3 is 2.70 bits per heavy atom.